The van der Waals surface area contributed by atoms with E-state index >= 15 is 0 Å². The summed E-state index contributed by atoms with van der Waals surface area (Å²) < 4.78 is 5.10. The molecule has 0 unspecified atom stereocenters. The van der Waals surface area contributed by atoms with Gasteiger partial charge < -0.3 is 14.7 Å². The number of rotatable bonds is 6. The summed E-state index contributed by atoms with van der Waals surface area (Å²) in [5.41, 5.74) is 0. The zero-order valence-corrected chi connectivity index (χ0v) is 11.2. The van der Waals surface area contributed by atoms with Crippen molar-refractivity contribution >= 4 is 11.9 Å². The Morgan fingerprint density at radius 3 is 2.78 bits per heavy atom. The molecule has 0 aliphatic carbocycles. The third-order valence-electron chi connectivity index (χ3n) is 3.50. The summed E-state index contributed by atoms with van der Waals surface area (Å²) in [6, 6.07) is 0.0893. The quantitative estimate of drug-likeness (QED) is 0.785. The predicted octanol–water partition coefficient (Wildman–Crippen LogP) is 1.66. The van der Waals surface area contributed by atoms with Crippen molar-refractivity contribution in [2.75, 3.05) is 13.7 Å². The number of likely N-dealkylation sites (tertiary alicyclic amines) is 1. The van der Waals surface area contributed by atoms with Crippen molar-refractivity contribution in [2.45, 2.75) is 57.6 Å². The summed E-state index contributed by atoms with van der Waals surface area (Å²) in [7, 11) is 1.59. The second kappa shape index (κ2) is 7.36. The van der Waals surface area contributed by atoms with E-state index in [0.717, 1.165) is 25.8 Å². The molecule has 5 nitrogen and oxygen atoms in total. The Balaban J connectivity index is 2.52. The first-order chi connectivity index (χ1) is 8.54. The van der Waals surface area contributed by atoms with Crippen LogP contribution in [0.5, 0.6) is 0 Å². The van der Waals surface area contributed by atoms with Crippen molar-refractivity contribution in [3.8, 4) is 0 Å². The minimum absolute atomic E-state index is 0.0828. The Bertz CT molecular complexity index is 293. The summed E-state index contributed by atoms with van der Waals surface area (Å²) in [5.74, 6) is -0.710. The van der Waals surface area contributed by atoms with Crippen LogP contribution in [0.4, 0.5) is 0 Å². The van der Waals surface area contributed by atoms with Gasteiger partial charge >= 0.3 is 5.97 Å². The monoisotopic (exact) mass is 257 g/mol. The van der Waals surface area contributed by atoms with E-state index in [-0.39, 0.29) is 24.5 Å². The number of amides is 1. The molecule has 0 spiro atoms. The molecule has 1 heterocycles. The molecule has 1 amide bonds. The topological polar surface area (TPSA) is 66.8 Å². The molecule has 1 aliphatic rings. The maximum atomic E-state index is 12.1. The smallest absolute Gasteiger partial charge is 0.303 e. The van der Waals surface area contributed by atoms with Crippen LogP contribution in [0, 0.1) is 0 Å². The minimum Gasteiger partial charge on any atom is -0.481 e. The first kappa shape index (κ1) is 15.0. The lowest BCUT2D eigenvalue weighted by Gasteiger charge is -2.36. The fourth-order valence-electron chi connectivity index (χ4n) is 2.37. The third-order valence-corrected chi connectivity index (χ3v) is 3.50. The van der Waals surface area contributed by atoms with Gasteiger partial charge in [0.25, 0.3) is 0 Å². The second-order valence-electron chi connectivity index (χ2n) is 4.92. The van der Waals surface area contributed by atoms with Gasteiger partial charge in [-0.15, -0.1) is 0 Å². The standard InChI is InChI=1S/C13H23NO4/c1-10(18-2)9-12(15)14-8-4-3-5-11(14)6-7-13(16)17/h10-11H,3-9H2,1-2H3,(H,16,17)/t10-,11+/m0/s1. The number of carboxylic acid groups (broad SMARTS) is 1. The highest BCUT2D eigenvalue weighted by molar-refractivity contribution is 5.77. The molecule has 1 rings (SSSR count). The van der Waals surface area contributed by atoms with Gasteiger partial charge in [-0.05, 0) is 32.6 Å². The number of methoxy groups -OCH3 is 1. The number of carbonyl (C=O) groups excluding carboxylic acids is 1. The number of nitrogens with zero attached hydrogens (tertiary/aromatic N) is 1. The fourth-order valence-corrected chi connectivity index (χ4v) is 2.37. The lowest BCUT2D eigenvalue weighted by atomic mass is 9.97. The molecule has 0 aromatic rings. The lowest BCUT2D eigenvalue weighted by Crippen LogP contribution is -2.44. The Labute approximate surface area is 108 Å². The molecule has 0 bridgehead atoms. The van der Waals surface area contributed by atoms with E-state index in [1.165, 1.54) is 0 Å². The van der Waals surface area contributed by atoms with E-state index in [4.69, 9.17) is 9.84 Å². The van der Waals surface area contributed by atoms with Crippen LogP contribution in [-0.2, 0) is 14.3 Å². The molecule has 18 heavy (non-hydrogen) atoms. The number of hydrogen-bond donors (Lipinski definition) is 1. The van der Waals surface area contributed by atoms with Crippen LogP contribution in [-0.4, -0.2) is 47.7 Å². The van der Waals surface area contributed by atoms with Gasteiger partial charge in [0.2, 0.25) is 5.91 Å². The highest BCUT2D eigenvalue weighted by Gasteiger charge is 2.27. The molecule has 0 aromatic heterocycles. The van der Waals surface area contributed by atoms with E-state index < -0.39 is 5.97 Å². The molecule has 1 fully saturated rings. The normalized spacial score (nSPS) is 21.7. The van der Waals surface area contributed by atoms with Crippen LogP contribution >= 0.6 is 0 Å². The molecular weight excluding hydrogens is 234 g/mol. The number of carbonyl (C=O) groups is 2. The molecule has 5 heteroatoms. The maximum Gasteiger partial charge on any atom is 0.303 e. The van der Waals surface area contributed by atoms with E-state index in [0.29, 0.717) is 12.8 Å². The molecule has 0 saturated carbocycles. The summed E-state index contributed by atoms with van der Waals surface area (Å²) in [6.45, 7) is 2.62. The fraction of sp³-hybridized carbons (Fsp3) is 0.846. The molecule has 1 aliphatic heterocycles. The SMILES string of the molecule is CO[C@@H](C)CC(=O)N1CCCC[C@@H]1CCC(=O)O. The van der Waals surface area contributed by atoms with Crippen LogP contribution in [0.1, 0.15) is 45.4 Å². The van der Waals surface area contributed by atoms with Crippen molar-refractivity contribution in [3.63, 3.8) is 0 Å². The highest BCUT2D eigenvalue weighted by Crippen LogP contribution is 2.22. The van der Waals surface area contributed by atoms with E-state index in [2.05, 4.69) is 0 Å². The van der Waals surface area contributed by atoms with E-state index in [1.807, 2.05) is 11.8 Å². The first-order valence-electron chi connectivity index (χ1n) is 6.58. The zero-order valence-electron chi connectivity index (χ0n) is 11.2. The van der Waals surface area contributed by atoms with E-state index in [1.54, 1.807) is 7.11 Å². The third kappa shape index (κ3) is 4.64. The van der Waals surface area contributed by atoms with Crippen LogP contribution < -0.4 is 0 Å². The molecule has 1 N–H and O–H groups in total. The molecule has 0 radical (unpaired) electrons. The Morgan fingerprint density at radius 1 is 1.44 bits per heavy atom. The van der Waals surface area contributed by atoms with Gasteiger partial charge in [0.05, 0.1) is 12.5 Å². The van der Waals surface area contributed by atoms with Gasteiger partial charge in [0, 0.05) is 26.1 Å². The van der Waals surface area contributed by atoms with Gasteiger partial charge in [-0.3, -0.25) is 9.59 Å². The van der Waals surface area contributed by atoms with Crippen molar-refractivity contribution in [1.29, 1.82) is 0 Å². The average molecular weight is 257 g/mol. The second-order valence-corrected chi connectivity index (χ2v) is 4.92. The molecule has 0 aromatic carbocycles. The number of carboxylic acids is 1. The molecule has 2 atom stereocenters. The maximum absolute atomic E-state index is 12.1. The van der Waals surface area contributed by atoms with Gasteiger partial charge in [0.15, 0.2) is 0 Å². The van der Waals surface area contributed by atoms with Gasteiger partial charge in [0.1, 0.15) is 0 Å². The van der Waals surface area contributed by atoms with Crippen molar-refractivity contribution in [3.05, 3.63) is 0 Å². The van der Waals surface area contributed by atoms with Gasteiger partial charge in [-0.25, -0.2) is 0 Å². The summed E-state index contributed by atoms with van der Waals surface area (Å²) in [4.78, 5) is 24.6. The Morgan fingerprint density at radius 2 is 2.17 bits per heavy atom. The molecular formula is C13H23NO4. The number of aliphatic carboxylic acids is 1. The molecule has 104 valence electrons. The minimum atomic E-state index is -0.793. The number of hydrogen-bond acceptors (Lipinski definition) is 3. The lowest BCUT2D eigenvalue weighted by molar-refractivity contribution is -0.141. The van der Waals surface area contributed by atoms with Crippen LogP contribution in [0.15, 0.2) is 0 Å². The molecule has 1 saturated heterocycles. The van der Waals surface area contributed by atoms with Crippen molar-refractivity contribution < 1.29 is 19.4 Å². The van der Waals surface area contributed by atoms with Gasteiger partial charge in [-0.1, -0.05) is 0 Å². The Kier molecular flexibility index (Phi) is 6.12. The highest BCUT2D eigenvalue weighted by atomic mass is 16.5. The van der Waals surface area contributed by atoms with Crippen molar-refractivity contribution in [1.82, 2.24) is 4.90 Å². The summed E-state index contributed by atoms with van der Waals surface area (Å²) >= 11 is 0. The largest absolute Gasteiger partial charge is 0.481 e. The van der Waals surface area contributed by atoms with Crippen LogP contribution in [0.3, 0.4) is 0 Å². The summed E-state index contributed by atoms with van der Waals surface area (Å²) in [5, 5.41) is 8.73. The van der Waals surface area contributed by atoms with Crippen LogP contribution in [0.2, 0.25) is 0 Å². The Hall–Kier alpha value is -1.10. The van der Waals surface area contributed by atoms with Crippen molar-refractivity contribution in [2.24, 2.45) is 0 Å². The zero-order chi connectivity index (χ0) is 13.5. The predicted molar refractivity (Wildman–Crippen MR) is 67.3 cm³/mol. The van der Waals surface area contributed by atoms with Crippen LogP contribution in [0.25, 0.3) is 0 Å². The van der Waals surface area contributed by atoms with E-state index in [9.17, 15) is 9.59 Å². The van der Waals surface area contributed by atoms with Gasteiger partial charge in [-0.2, -0.15) is 0 Å². The number of piperidine rings is 1. The first-order valence-corrected chi connectivity index (χ1v) is 6.58. The number of ether oxygens (including phenoxy) is 1. The summed E-state index contributed by atoms with van der Waals surface area (Å²) in [6.07, 6.45) is 3.99. The average Bonchev–Trinajstić information content (AvgIpc) is 2.36.